The van der Waals surface area contributed by atoms with E-state index in [0.717, 1.165) is 37.9 Å². The first-order valence-electron chi connectivity index (χ1n) is 9.88. The number of halogens is 1. The number of aromatic nitrogens is 1. The average molecular weight is 447 g/mol. The van der Waals surface area contributed by atoms with Crippen molar-refractivity contribution in [2.45, 2.75) is 20.8 Å². The molecule has 6 heteroatoms. The van der Waals surface area contributed by atoms with Crippen LogP contribution in [0.5, 0.6) is 0 Å². The van der Waals surface area contributed by atoms with Crippen molar-refractivity contribution in [3.8, 4) is 11.5 Å². The lowest BCUT2D eigenvalue weighted by atomic mass is 10.1. The Morgan fingerprint density at radius 1 is 1.00 bits per heavy atom. The monoisotopic (exact) mass is 446 g/mol. The van der Waals surface area contributed by atoms with Gasteiger partial charge in [0.15, 0.2) is 5.58 Å². The standard InChI is InChI=1S/C25H19ClN2O2S/c1-13-8-9-16(25-28-19-10-14(2)15(3)11-20(19)30-25)12-18(13)27-24(29)23-22(26)17-6-4-5-7-21(17)31-23/h4-12H,1-3H3,(H,27,29). The molecule has 0 unspecified atom stereocenters. The molecule has 154 valence electrons. The number of oxazole rings is 1. The van der Waals surface area contributed by atoms with E-state index in [1.165, 1.54) is 16.9 Å². The predicted molar refractivity (Wildman–Crippen MR) is 128 cm³/mol. The van der Waals surface area contributed by atoms with Gasteiger partial charge in [0.05, 0.1) is 5.02 Å². The summed E-state index contributed by atoms with van der Waals surface area (Å²) in [5.41, 5.74) is 6.34. The second-order valence-electron chi connectivity index (χ2n) is 7.65. The summed E-state index contributed by atoms with van der Waals surface area (Å²) in [4.78, 5) is 18.1. The Morgan fingerprint density at radius 2 is 1.77 bits per heavy atom. The van der Waals surface area contributed by atoms with Crippen LogP contribution in [0.15, 0.2) is 59.0 Å². The minimum absolute atomic E-state index is 0.227. The van der Waals surface area contributed by atoms with Gasteiger partial charge >= 0.3 is 0 Å². The summed E-state index contributed by atoms with van der Waals surface area (Å²) in [5.74, 6) is 0.297. The van der Waals surface area contributed by atoms with E-state index in [1.54, 1.807) is 0 Å². The van der Waals surface area contributed by atoms with Gasteiger partial charge in [-0.1, -0.05) is 35.9 Å². The fourth-order valence-corrected chi connectivity index (χ4v) is 4.94. The lowest BCUT2D eigenvalue weighted by molar-refractivity contribution is 0.103. The highest BCUT2D eigenvalue weighted by molar-refractivity contribution is 7.21. The first-order chi connectivity index (χ1) is 14.9. The molecule has 1 amide bonds. The van der Waals surface area contributed by atoms with E-state index in [0.29, 0.717) is 21.5 Å². The first-order valence-corrected chi connectivity index (χ1v) is 11.1. The van der Waals surface area contributed by atoms with Crippen LogP contribution in [0.25, 0.3) is 32.6 Å². The molecule has 2 aromatic heterocycles. The van der Waals surface area contributed by atoms with Gasteiger partial charge in [-0.3, -0.25) is 4.79 Å². The normalized spacial score (nSPS) is 11.4. The zero-order valence-electron chi connectivity index (χ0n) is 17.2. The van der Waals surface area contributed by atoms with Crippen LogP contribution in [0.1, 0.15) is 26.4 Å². The molecular formula is C25H19ClN2O2S. The SMILES string of the molecule is Cc1cc2nc(-c3ccc(C)c(NC(=O)c4sc5ccccc5c4Cl)c3)oc2cc1C. The molecule has 0 bridgehead atoms. The Hall–Kier alpha value is -3.15. The molecule has 31 heavy (non-hydrogen) atoms. The maximum Gasteiger partial charge on any atom is 0.267 e. The summed E-state index contributed by atoms with van der Waals surface area (Å²) >= 11 is 7.87. The van der Waals surface area contributed by atoms with Gasteiger partial charge in [0.25, 0.3) is 5.91 Å². The number of rotatable bonds is 3. The molecule has 3 aromatic carbocycles. The molecule has 0 saturated heterocycles. The van der Waals surface area contributed by atoms with Gasteiger partial charge in [-0.2, -0.15) is 0 Å². The fourth-order valence-electron chi connectivity index (χ4n) is 3.53. The lowest BCUT2D eigenvalue weighted by Gasteiger charge is -2.09. The highest BCUT2D eigenvalue weighted by Crippen LogP contribution is 2.36. The molecule has 0 atom stereocenters. The van der Waals surface area contributed by atoms with E-state index in [9.17, 15) is 4.79 Å². The minimum Gasteiger partial charge on any atom is -0.436 e. The Kier molecular flexibility index (Phi) is 4.80. The van der Waals surface area contributed by atoms with E-state index < -0.39 is 0 Å². The molecule has 0 aliphatic carbocycles. The predicted octanol–water partition coefficient (Wildman–Crippen LogP) is 7.54. The largest absolute Gasteiger partial charge is 0.436 e. The number of amides is 1. The van der Waals surface area contributed by atoms with Gasteiger partial charge in [0.2, 0.25) is 5.89 Å². The maximum atomic E-state index is 13.0. The Morgan fingerprint density at radius 3 is 2.58 bits per heavy atom. The number of hydrogen-bond acceptors (Lipinski definition) is 4. The number of thiophene rings is 1. The van der Waals surface area contributed by atoms with Crippen molar-refractivity contribution >= 4 is 55.7 Å². The number of benzene rings is 3. The van der Waals surface area contributed by atoms with Crippen LogP contribution >= 0.6 is 22.9 Å². The molecular weight excluding hydrogens is 428 g/mol. The lowest BCUT2D eigenvalue weighted by Crippen LogP contribution is -2.11. The molecule has 0 aliphatic rings. The van der Waals surface area contributed by atoms with Crippen molar-refractivity contribution in [3.63, 3.8) is 0 Å². The third-order valence-corrected chi connectivity index (χ3v) is 7.15. The minimum atomic E-state index is -0.227. The zero-order valence-corrected chi connectivity index (χ0v) is 18.8. The first kappa shape index (κ1) is 19.8. The molecule has 5 rings (SSSR count). The van der Waals surface area contributed by atoms with E-state index in [2.05, 4.69) is 24.1 Å². The summed E-state index contributed by atoms with van der Waals surface area (Å²) in [6, 6.07) is 17.6. The Bertz CT molecular complexity index is 1440. The highest BCUT2D eigenvalue weighted by Gasteiger charge is 2.18. The Labute approximate surface area is 188 Å². The molecule has 0 saturated carbocycles. The van der Waals surface area contributed by atoms with Gasteiger partial charge in [-0.15, -0.1) is 11.3 Å². The number of hydrogen-bond donors (Lipinski definition) is 1. The number of nitrogens with zero attached hydrogens (tertiary/aromatic N) is 1. The van der Waals surface area contributed by atoms with Crippen LogP contribution in [-0.4, -0.2) is 10.9 Å². The summed E-state index contributed by atoms with van der Waals surface area (Å²) in [6.07, 6.45) is 0. The van der Waals surface area contributed by atoms with Crippen LogP contribution in [0, 0.1) is 20.8 Å². The summed E-state index contributed by atoms with van der Waals surface area (Å²) in [7, 11) is 0. The fraction of sp³-hybridized carbons (Fsp3) is 0.120. The van der Waals surface area contributed by atoms with E-state index in [1.807, 2.05) is 61.5 Å². The van der Waals surface area contributed by atoms with Gasteiger partial charge in [-0.25, -0.2) is 4.98 Å². The second-order valence-corrected chi connectivity index (χ2v) is 9.08. The molecule has 0 radical (unpaired) electrons. The molecule has 5 aromatic rings. The molecule has 0 fully saturated rings. The quantitative estimate of drug-likeness (QED) is 0.311. The van der Waals surface area contributed by atoms with Crippen molar-refractivity contribution in [1.82, 2.24) is 4.98 Å². The molecule has 1 N–H and O–H groups in total. The molecule has 2 heterocycles. The smallest absolute Gasteiger partial charge is 0.267 e. The van der Waals surface area contributed by atoms with Crippen LogP contribution in [0.4, 0.5) is 5.69 Å². The second kappa shape index (κ2) is 7.52. The summed E-state index contributed by atoms with van der Waals surface area (Å²) in [5, 5.41) is 4.38. The summed E-state index contributed by atoms with van der Waals surface area (Å²) in [6.45, 7) is 6.06. The van der Waals surface area contributed by atoms with Gasteiger partial charge in [0.1, 0.15) is 10.4 Å². The molecule has 0 aliphatic heterocycles. The zero-order chi connectivity index (χ0) is 21.7. The number of carbonyl (C=O) groups is 1. The van der Waals surface area contributed by atoms with Crippen LogP contribution in [0.2, 0.25) is 5.02 Å². The topological polar surface area (TPSA) is 55.1 Å². The average Bonchev–Trinajstić information content (AvgIpc) is 3.31. The van der Waals surface area contributed by atoms with Crippen LogP contribution in [-0.2, 0) is 0 Å². The van der Waals surface area contributed by atoms with Crippen molar-refractivity contribution in [3.05, 3.63) is 81.2 Å². The van der Waals surface area contributed by atoms with E-state index >= 15 is 0 Å². The molecule has 0 spiro atoms. The maximum absolute atomic E-state index is 13.0. The van der Waals surface area contributed by atoms with Crippen molar-refractivity contribution < 1.29 is 9.21 Å². The Balaban J connectivity index is 1.50. The van der Waals surface area contributed by atoms with Crippen molar-refractivity contribution in [2.24, 2.45) is 0 Å². The number of nitrogens with one attached hydrogen (secondary N) is 1. The van der Waals surface area contributed by atoms with Gasteiger partial charge in [-0.05, 0) is 67.8 Å². The number of anilines is 1. The molecule has 4 nitrogen and oxygen atoms in total. The van der Waals surface area contributed by atoms with Crippen molar-refractivity contribution in [1.29, 1.82) is 0 Å². The number of carbonyl (C=O) groups excluding carboxylic acids is 1. The van der Waals surface area contributed by atoms with Crippen LogP contribution < -0.4 is 5.32 Å². The third-order valence-electron chi connectivity index (χ3n) is 5.48. The third kappa shape index (κ3) is 3.50. The van der Waals surface area contributed by atoms with E-state index in [-0.39, 0.29) is 5.91 Å². The van der Waals surface area contributed by atoms with Gasteiger partial charge in [0, 0.05) is 21.3 Å². The van der Waals surface area contributed by atoms with Gasteiger partial charge < -0.3 is 9.73 Å². The number of aryl methyl sites for hydroxylation is 3. The van der Waals surface area contributed by atoms with Crippen LogP contribution in [0.3, 0.4) is 0 Å². The van der Waals surface area contributed by atoms with Crippen molar-refractivity contribution in [2.75, 3.05) is 5.32 Å². The summed E-state index contributed by atoms with van der Waals surface area (Å²) < 4.78 is 6.98. The highest BCUT2D eigenvalue weighted by atomic mass is 35.5. The number of fused-ring (bicyclic) bond motifs is 2. The van der Waals surface area contributed by atoms with E-state index in [4.69, 9.17) is 16.0 Å².